The Morgan fingerprint density at radius 3 is 2.65 bits per heavy atom. The minimum Gasteiger partial charge on any atom is -0.496 e. The average molecular weight is 314 g/mol. The predicted octanol–water partition coefficient (Wildman–Crippen LogP) is 2.76. The van der Waals surface area contributed by atoms with Crippen molar-refractivity contribution in [3.05, 3.63) is 59.7 Å². The number of urea groups is 1. The number of para-hydroxylation sites is 1. The molecular weight excluding hydrogens is 296 g/mol. The van der Waals surface area contributed by atoms with Crippen molar-refractivity contribution in [3.8, 4) is 5.75 Å². The zero-order valence-electron chi connectivity index (χ0n) is 12.7. The molecule has 0 aliphatic heterocycles. The summed E-state index contributed by atoms with van der Waals surface area (Å²) < 4.78 is 5.25. The van der Waals surface area contributed by atoms with Crippen LogP contribution in [0.4, 0.5) is 10.5 Å². The molecule has 0 aliphatic carbocycles. The first-order valence-corrected chi connectivity index (χ1v) is 7.10. The summed E-state index contributed by atoms with van der Waals surface area (Å²) in [6.07, 6.45) is 0.632. The van der Waals surface area contributed by atoms with E-state index in [-0.39, 0.29) is 11.6 Å². The van der Waals surface area contributed by atoms with Crippen LogP contribution in [0, 0.1) is 0 Å². The van der Waals surface area contributed by atoms with Crippen molar-refractivity contribution in [2.45, 2.75) is 6.42 Å². The summed E-state index contributed by atoms with van der Waals surface area (Å²) in [5.74, 6) is -0.255. The van der Waals surface area contributed by atoms with Crippen molar-refractivity contribution in [1.82, 2.24) is 5.32 Å². The molecule has 2 rings (SSSR count). The fourth-order valence-corrected chi connectivity index (χ4v) is 2.13. The van der Waals surface area contributed by atoms with Gasteiger partial charge in [-0.1, -0.05) is 24.3 Å². The van der Waals surface area contributed by atoms with Crippen LogP contribution < -0.4 is 15.4 Å². The summed E-state index contributed by atoms with van der Waals surface area (Å²) in [6, 6.07) is 13.3. The van der Waals surface area contributed by atoms with Gasteiger partial charge in [-0.3, -0.25) is 0 Å². The third kappa shape index (κ3) is 4.74. The molecule has 0 fully saturated rings. The highest BCUT2D eigenvalue weighted by Crippen LogP contribution is 2.17. The molecular formula is C17H18N2O4. The first kappa shape index (κ1) is 16.4. The van der Waals surface area contributed by atoms with Gasteiger partial charge >= 0.3 is 12.0 Å². The molecule has 0 spiro atoms. The van der Waals surface area contributed by atoms with Crippen molar-refractivity contribution >= 4 is 17.7 Å². The first-order chi connectivity index (χ1) is 11.1. The lowest BCUT2D eigenvalue weighted by molar-refractivity contribution is 0.0697. The zero-order valence-corrected chi connectivity index (χ0v) is 12.7. The van der Waals surface area contributed by atoms with E-state index < -0.39 is 5.97 Å². The Kier molecular flexibility index (Phi) is 5.57. The van der Waals surface area contributed by atoms with Gasteiger partial charge in [0.25, 0.3) is 0 Å². The molecule has 0 unspecified atom stereocenters. The second-order valence-corrected chi connectivity index (χ2v) is 4.83. The molecule has 6 heteroatoms. The summed E-state index contributed by atoms with van der Waals surface area (Å²) in [5.41, 5.74) is 1.56. The van der Waals surface area contributed by atoms with E-state index in [9.17, 15) is 9.59 Å². The van der Waals surface area contributed by atoms with Gasteiger partial charge < -0.3 is 20.5 Å². The zero-order chi connectivity index (χ0) is 16.7. The number of anilines is 1. The van der Waals surface area contributed by atoms with Gasteiger partial charge in [-0.05, 0) is 36.2 Å². The third-order valence-electron chi connectivity index (χ3n) is 3.24. The van der Waals surface area contributed by atoms with E-state index in [2.05, 4.69) is 10.6 Å². The van der Waals surface area contributed by atoms with Gasteiger partial charge in [0.15, 0.2) is 0 Å². The third-order valence-corrected chi connectivity index (χ3v) is 3.24. The number of carbonyl (C=O) groups excluding carboxylic acids is 1. The number of ether oxygens (including phenoxy) is 1. The van der Waals surface area contributed by atoms with Crippen LogP contribution in [-0.2, 0) is 6.42 Å². The number of carboxylic acids is 1. The van der Waals surface area contributed by atoms with Gasteiger partial charge in [0.05, 0.1) is 12.7 Å². The SMILES string of the molecule is COc1ccccc1CCNC(=O)Nc1cccc(C(=O)O)c1. The van der Waals surface area contributed by atoms with E-state index >= 15 is 0 Å². The van der Waals surface area contributed by atoms with Crippen LogP contribution in [0.25, 0.3) is 0 Å². The van der Waals surface area contributed by atoms with Crippen LogP contribution in [0.15, 0.2) is 48.5 Å². The summed E-state index contributed by atoms with van der Waals surface area (Å²) in [7, 11) is 1.61. The average Bonchev–Trinajstić information content (AvgIpc) is 2.55. The largest absolute Gasteiger partial charge is 0.496 e. The van der Waals surface area contributed by atoms with E-state index in [0.29, 0.717) is 18.7 Å². The number of amides is 2. The summed E-state index contributed by atoms with van der Waals surface area (Å²) in [5, 5.41) is 14.3. The van der Waals surface area contributed by atoms with E-state index in [0.717, 1.165) is 11.3 Å². The molecule has 0 saturated heterocycles. The van der Waals surface area contributed by atoms with E-state index in [1.807, 2.05) is 24.3 Å². The quantitative estimate of drug-likeness (QED) is 0.765. The Balaban J connectivity index is 1.86. The van der Waals surface area contributed by atoms with Gasteiger partial charge in [-0.15, -0.1) is 0 Å². The predicted molar refractivity (Wildman–Crippen MR) is 87.1 cm³/mol. The smallest absolute Gasteiger partial charge is 0.335 e. The van der Waals surface area contributed by atoms with Crippen LogP contribution in [0.2, 0.25) is 0 Å². The number of rotatable bonds is 6. The number of nitrogens with one attached hydrogen (secondary N) is 2. The second kappa shape index (κ2) is 7.84. The van der Waals surface area contributed by atoms with Crippen LogP contribution >= 0.6 is 0 Å². The number of hydrogen-bond acceptors (Lipinski definition) is 3. The van der Waals surface area contributed by atoms with Gasteiger partial charge in [0.1, 0.15) is 5.75 Å². The maximum atomic E-state index is 11.8. The van der Waals surface area contributed by atoms with Gasteiger partial charge in [-0.2, -0.15) is 0 Å². The van der Waals surface area contributed by atoms with Crippen molar-refractivity contribution in [1.29, 1.82) is 0 Å². The Labute approximate surface area is 134 Å². The number of carboxylic acid groups (broad SMARTS) is 1. The minimum atomic E-state index is -1.04. The normalized spacial score (nSPS) is 9.96. The van der Waals surface area contributed by atoms with Gasteiger partial charge in [0.2, 0.25) is 0 Å². The van der Waals surface area contributed by atoms with E-state index in [4.69, 9.17) is 9.84 Å². The van der Waals surface area contributed by atoms with Crippen LogP contribution in [0.1, 0.15) is 15.9 Å². The molecule has 120 valence electrons. The van der Waals surface area contributed by atoms with E-state index in [1.165, 1.54) is 12.1 Å². The van der Waals surface area contributed by atoms with Crippen LogP contribution in [-0.4, -0.2) is 30.8 Å². The second-order valence-electron chi connectivity index (χ2n) is 4.83. The highest BCUT2D eigenvalue weighted by molar-refractivity contribution is 5.93. The molecule has 0 heterocycles. The molecule has 23 heavy (non-hydrogen) atoms. The number of aromatic carboxylic acids is 1. The number of hydrogen-bond donors (Lipinski definition) is 3. The Morgan fingerprint density at radius 2 is 1.91 bits per heavy atom. The molecule has 3 N–H and O–H groups in total. The lowest BCUT2D eigenvalue weighted by atomic mass is 10.1. The Morgan fingerprint density at radius 1 is 1.13 bits per heavy atom. The molecule has 0 saturated carbocycles. The van der Waals surface area contributed by atoms with Gasteiger partial charge in [0, 0.05) is 12.2 Å². The summed E-state index contributed by atoms with van der Waals surface area (Å²) in [6.45, 7) is 0.435. The lowest BCUT2D eigenvalue weighted by Crippen LogP contribution is -2.30. The standard InChI is InChI=1S/C17H18N2O4/c1-23-15-8-3-2-5-12(15)9-10-18-17(22)19-14-7-4-6-13(11-14)16(20)21/h2-8,11H,9-10H2,1H3,(H,20,21)(H2,18,19,22). The van der Waals surface area contributed by atoms with Crippen molar-refractivity contribution in [2.24, 2.45) is 0 Å². The highest BCUT2D eigenvalue weighted by atomic mass is 16.5. The summed E-state index contributed by atoms with van der Waals surface area (Å²) >= 11 is 0. The summed E-state index contributed by atoms with van der Waals surface area (Å²) in [4.78, 5) is 22.7. The molecule has 0 atom stereocenters. The van der Waals surface area contributed by atoms with E-state index in [1.54, 1.807) is 19.2 Å². The molecule has 0 aromatic heterocycles. The fraction of sp³-hybridized carbons (Fsp3) is 0.176. The van der Waals surface area contributed by atoms with Crippen molar-refractivity contribution in [3.63, 3.8) is 0 Å². The lowest BCUT2D eigenvalue weighted by Gasteiger charge is -2.10. The maximum absolute atomic E-state index is 11.8. The minimum absolute atomic E-state index is 0.122. The molecule has 0 radical (unpaired) electrons. The van der Waals surface area contributed by atoms with Crippen LogP contribution in [0.3, 0.4) is 0 Å². The van der Waals surface area contributed by atoms with Crippen LogP contribution in [0.5, 0.6) is 5.75 Å². The van der Waals surface area contributed by atoms with Crippen molar-refractivity contribution < 1.29 is 19.4 Å². The molecule has 0 aliphatic rings. The highest BCUT2D eigenvalue weighted by Gasteiger charge is 2.06. The first-order valence-electron chi connectivity index (χ1n) is 7.10. The fourth-order valence-electron chi connectivity index (χ4n) is 2.13. The maximum Gasteiger partial charge on any atom is 0.335 e. The molecule has 2 aromatic carbocycles. The number of carbonyl (C=O) groups is 2. The topological polar surface area (TPSA) is 87.7 Å². The monoisotopic (exact) mass is 314 g/mol. The molecule has 0 bridgehead atoms. The number of benzene rings is 2. The van der Waals surface area contributed by atoms with Crippen molar-refractivity contribution in [2.75, 3.05) is 19.0 Å². The number of methoxy groups -OCH3 is 1. The molecule has 6 nitrogen and oxygen atoms in total. The van der Waals surface area contributed by atoms with Gasteiger partial charge in [-0.25, -0.2) is 9.59 Å². The Bertz CT molecular complexity index is 700. The molecule has 2 aromatic rings. The molecule has 2 amide bonds. The Hall–Kier alpha value is -3.02.